The van der Waals surface area contributed by atoms with Gasteiger partial charge in [0.15, 0.2) is 0 Å². The molecule has 1 heterocycles. The van der Waals surface area contributed by atoms with Crippen molar-refractivity contribution in [2.45, 2.75) is 44.2 Å². The molecule has 0 radical (unpaired) electrons. The molecule has 5 heteroatoms. The largest absolute Gasteiger partial charge is 0.469 e. The highest BCUT2D eigenvalue weighted by Crippen LogP contribution is 2.35. The van der Waals surface area contributed by atoms with Gasteiger partial charge in [0.1, 0.15) is 0 Å². The predicted octanol–water partition coefficient (Wildman–Crippen LogP) is 1.04. The van der Waals surface area contributed by atoms with E-state index in [1.165, 1.54) is 25.6 Å². The fourth-order valence-corrected chi connectivity index (χ4v) is 1.95. The number of carbonyl (C=O) groups excluding carboxylic acids is 1. The summed E-state index contributed by atoms with van der Waals surface area (Å²) in [6.07, 6.45) is 8.03. The minimum Gasteiger partial charge on any atom is -0.469 e. The first-order valence-electron chi connectivity index (χ1n) is 6.04. The summed E-state index contributed by atoms with van der Waals surface area (Å²) in [4.78, 5) is 15.2. The quantitative estimate of drug-likeness (QED) is 0.750. The number of hydrogen-bond donors (Lipinski definition) is 1. The first-order chi connectivity index (χ1) is 8.20. The van der Waals surface area contributed by atoms with Crippen LogP contribution in [0.1, 0.15) is 37.4 Å². The second kappa shape index (κ2) is 5.31. The molecule has 0 bridgehead atoms. The second-order valence-corrected chi connectivity index (χ2v) is 4.60. The normalized spacial score (nSPS) is 16.8. The molecule has 0 saturated heterocycles. The van der Waals surface area contributed by atoms with Crippen LogP contribution >= 0.6 is 0 Å². The number of rotatable bonds is 6. The lowest BCUT2D eigenvalue weighted by molar-refractivity contribution is -0.140. The van der Waals surface area contributed by atoms with Gasteiger partial charge in [-0.2, -0.15) is 0 Å². The van der Waals surface area contributed by atoms with Gasteiger partial charge >= 0.3 is 5.97 Å². The monoisotopic (exact) mass is 237 g/mol. The summed E-state index contributed by atoms with van der Waals surface area (Å²) in [7, 11) is 1.40. The van der Waals surface area contributed by atoms with Crippen molar-refractivity contribution < 1.29 is 9.53 Å². The molecule has 0 aliphatic heterocycles. The number of imidazole rings is 1. The molecular formula is C12H19N3O2. The standard InChI is InChI=1S/C12H19N3O2/c1-17-12(16)5-2-9(13)6-11-7-14-8-15(11)10-3-4-10/h7-10H,2-6,13H2,1H3. The summed E-state index contributed by atoms with van der Waals surface area (Å²) < 4.78 is 6.80. The van der Waals surface area contributed by atoms with E-state index >= 15 is 0 Å². The molecule has 1 unspecified atom stereocenters. The highest BCUT2D eigenvalue weighted by Gasteiger charge is 2.25. The van der Waals surface area contributed by atoms with Gasteiger partial charge < -0.3 is 15.0 Å². The molecule has 1 aliphatic carbocycles. The van der Waals surface area contributed by atoms with E-state index in [0.29, 0.717) is 18.9 Å². The lowest BCUT2D eigenvalue weighted by Crippen LogP contribution is -2.25. The van der Waals surface area contributed by atoms with Gasteiger partial charge in [-0.25, -0.2) is 4.98 Å². The Morgan fingerprint density at radius 3 is 3.12 bits per heavy atom. The summed E-state index contributed by atoms with van der Waals surface area (Å²) >= 11 is 0. The molecule has 94 valence electrons. The molecule has 1 saturated carbocycles. The highest BCUT2D eigenvalue weighted by atomic mass is 16.5. The van der Waals surface area contributed by atoms with Crippen LogP contribution in [0.5, 0.6) is 0 Å². The van der Waals surface area contributed by atoms with E-state index in [-0.39, 0.29) is 12.0 Å². The van der Waals surface area contributed by atoms with Crippen LogP contribution in [-0.2, 0) is 16.0 Å². The average Bonchev–Trinajstić information content (AvgIpc) is 3.07. The minimum absolute atomic E-state index is 0.0108. The maximum atomic E-state index is 11.0. The fraction of sp³-hybridized carbons (Fsp3) is 0.667. The molecule has 0 amide bonds. The molecular weight excluding hydrogens is 218 g/mol. The molecule has 0 aromatic carbocycles. The maximum Gasteiger partial charge on any atom is 0.305 e. The van der Waals surface area contributed by atoms with Crippen LogP contribution in [0.3, 0.4) is 0 Å². The van der Waals surface area contributed by atoms with Crippen molar-refractivity contribution in [3.05, 3.63) is 18.2 Å². The Morgan fingerprint density at radius 2 is 2.47 bits per heavy atom. The summed E-state index contributed by atoms with van der Waals surface area (Å²) in [5, 5.41) is 0. The zero-order valence-corrected chi connectivity index (χ0v) is 10.1. The minimum atomic E-state index is -0.198. The number of esters is 1. The molecule has 1 fully saturated rings. The first kappa shape index (κ1) is 12.1. The van der Waals surface area contributed by atoms with Gasteiger partial charge in [-0.05, 0) is 19.3 Å². The number of aromatic nitrogens is 2. The van der Waals surface area contributed by atoms with Crippen LogP contribution in [0.15, 0.2) is 12.5 Å². The first-order valence-corrected chi connectivity index (χ1v) is 6.04. The van der Waals surface area contributed by atoms with E-state index in [1.807, 2.05) is 12.5 Å². The molecule has 2 rings (SSSR count). The highest BCUT2D eigenvalue weighted by molar-refractivity contribution is 5.69. The molecule has 5 nitrogen and oxygen atoms in total. The number of hydrogen-bond acceptors (Lipinski definition) is 4. The predicted molar refractivity (Wildman–Crippen MR) is 63.4 cm³/mol. The molecule has 1 aromatic heterocycles. The Balaban J connectivity index is 1.82. The van der Waals surface area contributed by atoms with Crippen LogP contribution in [0.2, 0.25) is 0 Å². The summed E-state index contributed by atoms with van der Waals surface area (Å²) in [5.74, 6) is -0.198. The molecule has 0 spiro atoms. The molecule has 1 atom stereocenters. The van der Waals surface area contributed by atoms with Crippen LogP contribution in [-0.4, -0.2) is 28.7 Å². The van der Waals surface area contributed by atoms with E-state index in [2.05, 4.69) is 14.3 Å². The topological polar surface area (TPSA) is 70.1 Å². The van der Waals surface area contributed by atoms with Crippen molar-refractivity contribution in [2.24, 2.45) is 5.73 Å². The van der Waals surface area contributed by atoms with E-state index in [1.54, 1.807) is 0 Å². The van der Waals surface area contributed by atoms with Crippen LogP contribution in [0, 0.1) is 0 Å². The van der Waals surface area contributed by atoms with Crippen molar-refractivity contribution >= 4 is 5.97 Å². The van der Waals surface area contributed by atoms with E-state index in [4.69, 9.17) is 5.73 Å². The number of nitrogens with two attached hydrogens (primary N) is 1. The summed E-state index contributed by atoms with van der Waals surface area (Å²) in [6, 6.07) is 0.614. The van der Waals surface area contributed by atoms with Gasteiger partial charge in [0.25, 0.3) is 0 Å². The Labute approximate surface area is 101 Å². The van der Waals surface area contributed by atoms with E-state index in [0.717, 1.165) is 6.42 Å². The lowest BCUT2D eigenvalue weighted by atomic mass is 10.1. The Morgan fingerprint density at radius 1 is 1.71 bits per heavy atom. The summed E-state index contributed by atoms with van der Waals surface area (Å²) in [6.45, 7) is 0. The van der Waals surface area contributed by atoms with Crippen molar-refractivity contribution in [1.29, 1.82) is 0 Å². The smallest absolute Gasteiger partial charge is 0.305 e. The Hall–Kier alpha value is -1.36. The summed E-state index contributed by atoms with van der Waals surface area (Å²) in [5.41, 5.74) is 7.18. The third-order valence-electron chi connectivity index (χ3n) is 3.10. The van der Waals surface area contributed by atoms with Crippen LogP contribution < -0.4 is 5.73 Å². The zero-order valence-electron chi connectivity index (χ0n) is 10.1. The molecule has 17 heavy (non-hydrogen) atoms. The number of ether oxygens (including phenoxy) is 1. The van der Waals surface area contributed by atoms with Gasteiger partial charge in [0, 0.05) is 36.8 Å². The van der Waals surface area contributed by atoms with Crippen molar-refractivity contribution in [2.75, 3.05) is 7.11 Å². The number of carbonyl (C=O) groups is 1. The van der Waals surface area contributed by atoms with E-state index < -0.39 is 0 Å². The van der Waals surface area contributed by atoms with Crippen molar-refractivity contribution in [3.8, 4) is 0 Å². The number of methoxy groups -OCH3 is 1. The van der Waals surface area contributed by atoms with Gasteiger partial charge in [-0.15, -0.1) is 0 Å². The van der Waals surface area contributed by atoms with Gasteiger partial charge in [0.05, 0.1) is 13.4 Å². The van der Waals surface area contributed by atoms with Crippen molar-refractivity contribution in [1.82, 2.24) is 9.55 Å². The Bertz CT molecular complexity index is 385. The van der Waals surface area contributed by atoms with Gasteiger partial charge in [0.2, 0.25) is 0 Å². The average molecular weight is 237 g/mol. The van der Waals surface area contributed by atoms with Crippen LogP contribution in [0.25, 0.3) is 0 Å². The fourth-order valence-electron chi connectivity index (χ4n) is 1.95. The van der Waals surface area contributed by atoms with Gasteiger partial charge in [-0.3, -0.25) is 4.79 Å². The third-order valence-corrected chi connectivity index (χ3v) is 3.10. The molecule has 1 aromatic rings. The van der Waals surface area contributed by atoms with Gasteiger partial charge in [-0.1, -0.05) is 0 Å². The zero-order chi connectivity index (χ0) is 12.3. The van der Waals surface area contributed by atoms with Crippen molar-refractivity contribution in [3.63, 3.8) is 0 Å². The lowest BCUT2D eigenvalue weighted by Gasteiger charge is -2.12. The Kier molecular flexibility index (Phi) is 3.78. The van der Waals surface area contributed by atoms with E-state index in [9.17, 15) is 4.79 Å². The molecule has 2 N–H and O–H groups in total. The SMILES string of the molecule is COC(=O)CCC(N)Cc1cncn1C1CC1. The second-order valence-electron chi connectivity index (χ2n) is 4.60. The molecule has 1 aliphatic rings. The maximum absolute atomic E-state index is 11.0. The third kappa shape index (κ3) is 3.30. The van der Waals surface area contributed by atoms with Crippen LogP contribution in [0.4, 0.5) is 0 Å². The number of nitrogens with zero attached hydrogens (tertiary/aromatic N) is 2.